The van der Waals surface area contributed by atoms with Gasteiger partial charge in [-0.1, -0.05) is 41.4 Å². The lowest BCUT2D eigenvalue weighted by atomic mass is 10.1. The predicted octanol–water partition coefficient (Wildman–Crippen LogP) is 4.90. The molecule has 26 heavy (non-hydrogen) atoms. The number of methoxy groups -OCH3 is 1. The van der Waals surface area contributed by atoms with Gasteiger partial charge in [-0.15, -0.1) is 0 Å². The van der Waals surface area contributed by atoms with Crippen LogP contribution in [0.25, 0.3) is 6.08 Å². The number of amides is 2. The normalized spacial score (nSPS) is 15.3. The summed E-state index contributed by atoms with van der Waals surface area (Å²) in [4.78, 5) is 23.2. The van der Waals surface area contributed by atoms with E-state index in [4.69, 9.17) is 32.7 Å². The van der Waals surface area contributed by atoms with Crippen molar-refractivity contribution >= 4 is 52.2 Å². The Bertz CT molecular complexity index is 914. The van der Waals surface area contributed by atoms with Crippen LogP contribution in [0.15, 0.2) is 41.3 Å². The summed E-state index contributed by atoms with van der Waals surface area (Å²) in [6, 6.07) is 10.6. The third kappa shape index (κ3) is 4.15. The molecule has 0 aromatic heterocycles. The van der Waals surface area contributed by atoms with Crippen molar-refractivity contribution in [3.63, 3.8) is 0 Å². The van der Waals surface area contributed by atoms with Crippen LogP contribution in [-0.4, -0.2) is 18.3 Å². The average Bonchev–Trinajstić information content (AvgIpc) is 2.92. The maximum atomic E-state index is 11.7. The van der Waals surface area contributed by atoms with Crippen molar-refractivity contribution in [2.75, 3.05) is 7.11 Å². The Hall–Kier alpha value is -2.15. The second-order valence-electron chi connectivity index (χ2n) is 5.27. The molecule has 2 aromatic rings. The SMILES string of the molecule is COc1cc(/C=C2\SC(=O)NC2=O)cc(Cl)c1OCc1ccccc1Cl. The van der Waals surface area contributed by atoms with E-state index >= 15 is 0 Å². The van der Waals surface area contributed by atoms with Crippen LogP contribution in [0.5, 0.6) is 11.5 Å². The van der Waals surface area contributed by atoms with Crippen molar-refractivity contribution in [2.24, 2.45) is 0 Å². The summed E-state index contributed by atoms with van der Waals surface area (Å²) in [5, 5.41) is 2.71. The summed E-state index contributed by atoms with van der Waals surface area (Å²) in [5.74, 6) is 0.344. The fourth-order valence-electron chi connectivity index (χ4n) is 2.30. The first-order valence-electron chi connectivity index (χ1n) is 7.46. The number of rotatable bonds is 5. The summed E-state index contributed by atoms with van der Waals surface area (Å²) in [5.41, 5.74) is 1.43. The number of ether oxygens (including phenoxy) is 2. The maximum Gasteiger partial charge on any atom is 0.290 e. The van der Waals surface area contributed by atoms with Crippen molar-refractivity contribution in [1.29, 1.82) is 0 Å². The number of thioether (sulfide) groups is 1. The summed E-state index contributed by atoms with van der Waals surface area (Å²) >= 11 is 13.3. The molecule has 0 bridgehead atoms. The van der Waals surface area contributed by atoms with Gasteiger partial charge in [0.15, 0.2) is 11.5 Å². The van der Waals surface area contributed by atoms with E-state index < -0.39 is 11.1 Å². The van der Waals surface area contributed by atoms with Gasteiger partial charge >= 0.3 is 0 Å². The molecule has 5 nitrogen and oxygen atoms in total. The zero-order chi connectivity index (χ0) is 18.7. The van der Waals surface area contributed by atoms with Gasteiger partial charge in [0, 0.05) is 10.6 Å². The summed E-state index contributed by atoms with van der Waals surface area (Å²) in [6.07, 6.45) is 1.57. The Kier molecular flexibility index (Phi) is 5.76. The van der Waals surface area contributed by atoms with Gasteiger partial charge in [0.05, 0.1) is 17.0 Å². The highest BCUT2D eigenvalue weighted by atomic mass is 35.5. The molecule has 8 heteroatoms. The predicted molar refractivity (Wildman–Crippen MR) is 103 cm³/mol. The van der Waals surface area contributed by atoms with Crippen LogP contribution in [0, 0.1) is 0 Å². The number of hydrogen-bond donors (Lipinski definition) is 1. The molecule has 134 valence electrons. The molecule has 1 heterocycles. The monoisotopic (exact) mass is 409 g/mol. The molecule has 0 spiro atoms. The number of imide groups is 1. The quantitative estimate of drug-likeness (QED) is 0.710. The molecule has 1 fully saturated rings. The molecule has 0 aliphatic carbocycles. The number of benzene rings is 2. The minimum absolute atomic E-state index is 0.225. The van der Waals surface area contributed by atoms with Gasteiger partial charge in [-0.3, -0.25) is 14.9 Å². The number of hydrogen-bond acceptors (Lipinski definition) is 5. The molecular formula is C18H13Cl2NO4S. The summed E-state index contributed by atoms with van der Waals surface area (Å²) < 4.78 is 11.1. The highest BCUT2D eigenvalue weighted by Gasteiger charge is 2.25. The molecule has 0 unspecified atom stereocenters. The van der Waals surface area contributed by atoms with Crippen LogP contribution in [0.2, 0.25) is 10.0 Å². The van der Waals surface area contributed by atoms with Crippen molar-refractivity contribution in [3.05, 3.63) is 62.5 Å². The largest absolute Gasteiger partial charge is 0.493 e. The van der Waals surface area contributed by atoms with Gasteiger partial charge in [0.1, 0.15) is 6.61 Å². The number of nitrogens with one attached hydrogen (secondary N) is 1. The second-order valence-corrected chi connectivity index (χ2v) is 7.10. The zero-order valence-electron chi connectivity index (χ0n) is 13.5. The Morgan fingerprint density at radius 3 is 2.58 bits per heavy atom. The lowest BCUT2D eigenvalue weighted by Crippen LogP contribution is -2.17. The first-order chi connectivity index (χ1) is 12.5. The summed E-state index contributed by atoms with van der Waals surface area (Å²) in [6.45, 7) is 0.225. The Morgan fingerprint density at radius 2 is 1.92 bits per heavy atom. The van der Waals surface area contributed by atoms with E-state index in [-0.39, 0.29) is 11.5 Å². The second kappa shape index (κ2) is 8.03. The average molecular weight is 410 g/mol. The van der Waals surface area contributed by atoms with Crippen LogP contribution < -0.4 is 14.8 Å². The van der Waals surface area contributed by atoms with Gasteiger partial charge in [0.25, 0.3) is 11.1 Å². The van der Waals surface area contributed by atoms with Crippen molar-refractivity contribution in [3.8, 4) is 11.5 Å². The van der Waals surface area contributed by atoms with E-state index in [9.17, 15) is 9.59 Å². The first-order valence-corrected chi connectivity index (χ1v) is 9.04. The van der Waals surface area contributed by atoms with E-state index in [1.54, 1.807) is 24.3 Å². The topological polar surface area (TPSA) is 64.6 Å². The molecule has 3 rings (SSSR count). The van der Waals surface area contributed by atoms with Gasteiger partial charge in [0.2, 0.25) is 0 Å². The smallest absolute Gasteiger partial charge is 0.290 e. The number of halogens is 2. The van der Waals surface area contributed by atoms with Gasteiger partial charge in [-0.2, -0.15) is 0 Å². The molecule has 0 atom stereocenters. The lowest BCUT2D eigenvalue weighted by Gasteiger charge is -2.14. The molecule has 0 saturated carbocycles. The van der Waals surface area contributed by atoms with E-state index in [1.807, 2.05) is 18.2 Å². The Balaban J connectivity index is 1.86. The Labute approximate surface area is 164 Å². The van der Waals surface area contributed by atoms with Crippen LogP contribution in [0.3, 0.4) is 0 Å². The third-order valence-electron chi connectivity index (χ3n) is 3.52. The van der Waals surface area contributed by atoms with Gasteiger partial charge < -0.3 is 9.47 Å². The van der Waals surface area contributed by atoms with Crippen LogP contribution in [-0.2, 0) is 11.4 Å². The van der Waals surface area contributed by atoms with Crippen molar-refractivity contribution in [1.82, 2.24) is 5.32 Å². The highest BCUT2D eigenvalue weighted by molar-refractivity contribution is 8.18. The van der Waals surface area contributed by atoms with E-state index in [2.05, 4.69) is 5.32 Å². The Morgan fingerprint density at radius 1 is 1.15 bits per heavy atom. The van der Waals surface area contributed by atoms with Crippen LogP contribution in [0.4, 0.5) is 4.79 Å². The molecule has 1 N–H and O–H groups in total. The molecule has 1 aliphatic rings. The zero-order valence-corrected chi connectivity index (χ0v) is 15.9. The molecular weight excluding hydrogens is 397 g/mol. The number of carbonyl (C=O) groups is 2. The maximum absolute atomic E-state index is 11.7. The van der Waals surface area contributed by atoms with Gasteiger partial charge in [-0.25, -0.2) is 0 Å². The standard InChI is InChI=1S/C18H13Cl2NO4S/c1-24-14-7-10(8-15-17(22)21-18(23)26-15)6-13(20)16(14)25-9-11-4-2-3-5-12(11)19/h2-8H,9H2,1H3,(H,21,22,23)/b15-8-. The van der Waals surface area contributed by atoms with E-state index in [0.29, 0.717) is 27.1 Å². The van der Waals surface area contributed by atoms with Gasteiger partial charge in [-0.05, 0) is 41.6 Å². The third-order valence-corrected chi connectivity index (χ3v) is 4.98. The van der Waals surface area contributed by atoms with Crippen molar-refractivity contribution in [2.45, 2.75) is 6.61 Å². The highest BCUT2D eigenvalue weighted by Crippen LogP contribution is 2.38. The molecule has 2 amide bonds. The lowest BCUT2D eigenvalue weighted by molar-refractivity contribution is -0.115. The molecule has 0 radical (unpaired) electrons. The van der Waals surface area contributed by atoms with E-state index in [1.165, 1.54) is 7.11 Å². The molecule has 1 aliphatic heterocycles. The fourth-order valence-corrected chi connectivity index (χ4v) is 3.45. The van der Waals surface area contributed by atoms with Crippen LogP contribution in [0.1, 0.15) is 11.1 Å². The number of carbonyl (C=O) groups excluding carboxylic acids is 2. The molecule has 1 saturated heterocycles. The van der Waals surface area contributed by atoms with Crippen LogP contribution >= 0.6 is 35.0 Å². The first kappa shape index (κ1) is 18.6. The molecule has 2 aromatic carbocycles. The van der Waals surface area contributed by atoms with E-state index in [0.717, 1.165) is 17.3 Å². The van der Waals surface area contributed by atoms with Crippen molar-refractivity contribution < 1.29 is 19.1 Å². The summed E-state index contributed by atoms with van der Waals surface area (Å²) in [7, 11) is 1.49. The fraction of sp³-hybridized carbons (Fsp3) is 0.111. The minimum Gasteiger partial charge on any atom is -0.493 e. The minimum atomic E-state index is -0.436.